The Kier molecular flexibility index (Phi) is 10.9. The predicted molar refractivity (Wildman–Crippen MR) is 143 cm³/mol. The van der Waals surface area contributed by atoms with Crippen LogP contribution in [0.1, 0.15) is 38.2 Å². The van der Waals surface area contributed by atoms with E-state index in [9.17, 15) is 10.1 Å². The number of hydrogen-bond acceptors (Lipinski definition) is 7. The van der Waals surface area contributed by atoms with E-state index in [1.807, 2.05) is 24.3 Å². The molecule has 0 spiro atoms. The number of nitro groups is 1. The lowest BCUT2D eigenvalue weighted by Crippen LogP contribution is -2.10. The monoisotopic (exact) mass is 511 g/mol. The predicted octanol–water partition coefficient (Wildman–Crippen LogP) is 7.11. The normalized spacial score (nSPS) is 10.8. The molecular formula is C27H30ClN3O5. The molecule has 0 atom stereocenters. The van der Waals surface area contributed by atoms with Crippen LogP contribution in [0.5, 0.6) is 17.2 Å². The van der Waals surface area contributed by atoms with Crippen LogP contribution in [-0.2, 0) is 0 Å². The quantitative estimate of drug-likeness (QED) is 0.101. The van der Waals surface area contributed by atoms with Gasteiger partial charge in [-0.25, -0.2) is 0 Å². The summed E-state index contributed by atoms with van der Waals surface area (Å²) in [6.45, 7) is 3.60. The molecule has 0 bridgehead atoms. The number of ether oxygens (including phenoxy) is 3. The lowest BCUT2D eigenvalue weighted by Gasteiger charge is -2.11. The fourth-order valence-electron chi connectivity index (χ4n) is 3.25. The maximum Gasteiger partial charge on any atom is 0.269 e. The fraction of sp³-hybridized carbons (Fsp3) is 0.296. The summed E-state index contributed by atoms with van der Waals surface area (Å²) in [5.74, 6) is 2.17. The summed E-state index contributed by atoms with van der Waals surface area (Å²) in [7, 11) is 0. The maximum absolute atomic E-state index is 10.8. The highest BCUT2D eigenvalue weighted by atomic mass is 35.5. The number of nitrogens with one attached hydrogen (secondary N) is 1. The van der Waals surface area contributed by atoms with Crippen molar-refractivity contribution >= 4 is 29.2 Å². The number of non-ortho nitro benzene ring substituents is 1. The first-order valence-electron chi connectivity index (χ1n) is 11.9. The highest BCUT2D eigenvalue weighted by Crippen LogP contribution is 2.22. The van der Waals surface area contributed by atoms with Crippen LogP contribution in [0.15, 0.2) is 71.8 Å². The van der Waals surface area contributed by atoms with Crippen LogP contribution < -0.4 is 19.6 Å². The molecule has 0 aliphatic rings. The lowest BCUT2D eigenvalue weighted by atomic mass is 10.2. The van der Waals surface area contributed by atoms with Crippen molar-refractivity contribution in [2.75, 3.05) is 25.2 Å². The Morgan fingerprint density at radius 1 is 0.889 bits per heavy atom. The molecule has 8 nitrogen and oxygen atoms in total. The molecule has 1 N–H and O–H groups in total. The van der Waals surface area contributed by atoms with Crippen molar-refractivity contribution in [1.82, 2.24) is 0 Å². The fourth-order valence-corrected chi connectivity index (χ4v) is 3.43. The zero-order valence-corrected chi connectivity index (χ0v) is 20.9. The van der Waals surface area contributed by atoms with Crippen LogP contribution in [-0.4, -0.2) is 31.0 Å². The highest BCUT2D eigenvalue weighted by Gasteiger charge is 2.05. The third-order valence-electron chi connectivity index (χ3n) is 5.15. The minimum Gasteiger partial charge on any atom is -0.494 e. The molecule has 190 valence electrons. The molecular weight excluding hydrogens is 482 g/mol. The summed E-state index contributed by atoms with van der Waals surface area (Å²) < 4.78 is 17.4. The van der Waals surface area contributed by atoms with Crippen molar-refractivity contribution in [3.05, 3.63) is 87.4 Å². The topological polar surface area (TPSA) is 95.2 Å². The standard InChI is InChI=1S/C27H30ClN3O5/c1-2-3-4-5-16-34-25-11-13-26(14-12-25)35-17-18-36-27-15-6-22(28)19-21(27)20-29-30-23-7-9-24(10-8-23)31(32)33/h6-15,19-20,30H,2-5,16-18H2,1H3/b29-20-. The van der Waals surface area contributed by atoms with Crippen molar-refractivity contribution < 1.29 is 19.1 Å². The molecule has 36 heavy (non-hydrogen) atoms. The third kappa shape index (κ3) is 9.11. The number of nitrogens with zero attached hydrogens (tertiary/aromatic N) is 2. The van der Waals surface area contributed by atoms with E-state index in [-0.39, 0.29) is 5.69 Å². The molecule has 0 radical (unpaired) electrons. The third-order valence-corrected chi connectivity index (χ3v) is 5.38. The van der Waals surface area contributed by atoms with Crippen LogP contribution in [0.4, 0.5) is 11.4 Å². The zero-order valence-electron chi connectivity index (χ0n) is 20.2. The van der Waals surface area contributed by atoms with Crippen molar-refractivity contribution in [3.63, 3.8) is 0 Å². The van der Waals surface area contributed by atoms with E-state index in [4.69, 9.17) is 25.8 Å². The van der Waals surface area contributed by atoms with Crippen molar-refractivity contribution in [2.24, 2.45) is 5.10 Å². The maximum atomic E-state index is 10.8. The minimum atomic E-state index is -0.452. The highest BCUT2D eigenvalue weighted by molar-refractivity contribution is 6.30. The zero-order chi connectivity index (χ0) is 25.6. The van der Waals surface area contributed by atoms with Crippen LogP contribution in [0.2, 0.25) is 5.02 Å². The summed E-state index contributed by atoms with van der Waals surface area (Å²) >= 11 is 6.13. The average Bonchev–Trinajstić information content (AvgIpc) is 2.88. The number of benzene rings is 3. The number of hydrazone groups is 1. The average molecular weight is 512 g/mol. The number of nitro benzene ring substituents is 1. The van der Waals surface area contributed by atoms with E-state index in [0.717, 1.165) is 24.5 Å². The van der Waals surface area contributed by atoms with E-state index in [2.05, 4.69) is 17.5 Å². The van der Waals surface area contributed by atoms with Gasteiger partial charge in [0.2, 0.25) is 0 Å². The summed E-state index contributed by atoms with van der Waals surface area (Å²) in [5, 5.41) is 15.5. The second-order valence-electron chi connectivity index (χ2n) is 7.93. The van der Waals surface area contributed by atoms with Gasteiger partial charge < -0.3 is 14.2 Å². The Bertz CT molecular complexity index is 1120. The molecule has 0 saturated carbocycles. The first-order valence-corrected chi connectivity index (χ1v) is 12.2. The molecule has 0 unspecified atom stereocenters. The largest absolute Gasteiger partial charge is 0.494 e. The first kappa shape index (κ1) is 26.8. The Morgan fingerprint density at radius 3 is 2.22 bits per heavy atom. The van der Waals surface area contributed by atoms with Gasteiger partial charge in [-0.2, -0.15) is 5.10 Å². The Hall–Kier alpha value is -3.78. The van der Waals surface area contributed by atoms with Crippen molar-refractivity contribution in [2.45, 2.75) is 32.6 Å². The second-order valence-corrected chi connectivity index (χ2v) is 8.37. The van der Waals surface area contributed by atoms with Gasteiger partial charge in [0.15, 0.2) is 0 Å². The smallest absolute Gasteiger partial charge is 0.269 e. The van der Waals surface area contributed by atoms with Crippen LogP contribution in [0.3, 0.4) is 0 Å². The van der Waals surface area contributed by atoms with Crippen LogP contribution in [0, 0.1) is 10.1 Å². The van der Waals surface area contributed by atoms with Gasteiger partial charge in [0.25, 0.3) is 5.69 Å². The van der Waals surface area contributed by atoms with Gasteiger partial charge in [-0.15, -0.1) is 0 Å². The summed E-state index contributed by atoms with van der Waals surface area (Å²) in [5.41, 5.74) is 4.14. The molecule has 0 aliphatic heterocycles. The molecule has 0 aromatic heterocycles. The van der Waals surface area contributed by atoms with E-state index in [1.54, 1.807) is 36.5 Å². The number of hydrogen-bond donors (Lipinski definition) is 1. The summed E-state index contributed by atoms with van der Waals surface area (Å²) in [6.07, 6.45) is 6.28. The number of halogens is 1. The van der Waals surface area contributed by atoms with E-state index < -0.39 is 4.92 Å². The van der Waals surface area contributed by atoms with Gasteiger partial charge in [0, 0.05) is 22.7 Å². The van der Waals surface area contributed by atoms with E-state index >= 15 is 0 Å². The van der Waals surface area contributed by atoms with Gasteiger partial charge in [-0.3, -0.25) is 15.5 Å². The molecule has 0 aliphatic carbocycles. The number of rotatable bonds is 15. The lowest BCUT2D eigenvalue weighted by molar-refractivity contribution is -0.384. The SMILES string of the molecule is CCCCCCOc1ccc(OCCOc2ccc(Cl)cc2/C=N\Nc2ccc([N+](=O)[O-])cc2)cc1. The van der Waals surface area contributed by atoms with Crippen LogP contribution in [0.25, 0.3) is 0 Å². The molecule has 3 rings (SSSR count). The molecule has 0 amide bonds. The molecule has 3 aromatic carbocycles. The van der Waals surface area contributed by atoms with Gasteiger partial charge in [0.1, 0.15) is 30.5 Å². The Morgan fingerprint density at radius 2 is 1.56 bits per heavy atom. The summed E-state index contributed by atoms with van der Waals surface area (Å²) in [4.78, 5) is 10.3. The molecule has 0 heterocycles. The van der Waals surface area contributed by atoms with Crippen molar-refractivity contribution in [3.8, 4) is 17.2 Å². The van der Waals surface area contributed by atoms with Crippen LogP contribution >= 0.6 is 11.6 Å². The Balaban J connectivity index is 1.45. The van der Waals surface area contributed by atoms with E-state index in [0.29, 0.717) is 35.2 Å². The number of anilines is 1. The van der Waals surface area contributed by atoms with Gasteiger partial charge >= 0.3 is 0 Å². The Labute approximate surface area is 216 Å². The summed E-state index contributed by atoms with van der Waals surface area (Å²) in [6, 6.07) is 18.8. The molecule has 0 fully saturated rings. The molecule has 0 saturated heterocycles. The molecule has 9 heteroatoms. The van der Waals surface area contributed by atoms with Gasteiger partial charge in [0.05, 0.1) is 23.4 Å². The van der Waals surface area contributed by atoms with Crippen molar-refractivity contribution in [1.29, 1.82) is 0 Å². The second kappa shape index (κ2) is 14.6. The minimum absolute atomic E-state index is 0.0133. The van der Waals surface area contributed by atoms with E-state index in [1.165, 1.54) is 31.4 Å². The van der Waals surface area contributed by atoms with Gasteiger partial charge in [-0.05, 0) is 61.0 Å². The van der Waals surface area contributed by atoms with Gasteiger partial charge in [-0.1, -0.05) is 37.8 Å². The molecule has 3 aromatic rings. The first-order chi connectivity index (χ1) is 17.5. The number of unbranched alkanes of at least 4 members (excludes halogenated alkanes) is 3.